The lowest BCUT2D eigenvalue weighted by atomic mass is 10.1. The maximum absolute atomic E-state index is 12.2. The first-order valence-corrected chi connectivity index (χ1v) is 7.01. The van der Waals surface area contributed by atoms with Crippen LogP contribution in [0.2, 0.25) is 0 Å². The molecule has 0 aliphatic carbocycles. The maximum Gasteiger partial charge on any atom is 0.251 e. The van der Waals surface area contributed by atoms with Crippen LogP contribution in [-0.2, 0) is 11.4 Å². The molecular formula is C16H15N5O2. The molecule has 1 N–H and O–H groups in total. The minimum atomic E-state index is -0.173. The van der Waals surface area contributed by atoms with Crippen molar-refractivity contribution < 1.29 is 9.63 Å². The number of benzene rings is 1. The van der Waals surface area contributed by atoms with Crippen molar-refractivity contribution in [1.29, 1.82) is 0 Å². The second-order valence-electron chi connectivity index (χ2n) is 4.77. The van der Waals surface area contributed by atoms with E-state index in [9.17, 15) is 4.79 Å². The van der Waals surface area contributed by atoms with E-state index >= 15 is 0 Å². The van der Waals surface area contributed by atoms with Crippen molar-refractivity contribution in [1.82, 2.24) is 19.9 Å². The van der Waals surface area contributed by atoms with Gasteiger partial charge in [0.25, 0.3) is 5.91 Å². The van der Waals surface area contributed by atoms with Gasteiger partial charge in [-0.3, -0.25) is 9.20 Å². The van der Waals surface area contributed by atoms with Gasteiger partial charge in [0.05, 0.1) is 12.8 Å². The number of nitrogens with zero attached hydrogens (tertiary/aromatic N) is 4. The summed E-state index contributed by atoms with van der Waals surface area (Å²) in [5, 5.41) is 14.6. The van der Waals surface area contributed by atoms with E-state index in [1.54, 1.807) is 30.5 Å². The average Bonchev–Trinajstić information content (AvgIpc) is 3.01. The van der Waals surface area contributed by atoms with Crippen molar-refractivity contribution in [3.8, 4) is 0 Å². The number of pyridine rings is 1. The van der Waals surface area contributed by atoms with E-state index in [2.05, 4.69) is 25.5 Å². The zero-order valence-corrected chi connectivity index (χ0v) is 12.5. The minimum Gasteiger partial charge on any atom is -0.399 e. The molecule has 0 aliphatic heterocycles. The number of carbonyl (C=O) groups is 1. The van der Waals surface area contributed by atoms with Crippen LogP contribution in [0.4, 0.5) is 0 Å². The molecule has 7 nitrogen and oxygen atoms in total. The van der Waals surface area contributed by atoms with Gasteiger partial charge in [-0.25, -0.2) is 0 Å². The van der Waals surface area contributed by atoms with Crippen LogP contribution in [0.1, 0.15) is 21.7 Å². The lowest BCUT2D eigenvalue weighted by Crippen LogP contribution is -2.24. The third-order valence-electron chi connectivity index (χ3n) is 3.27. The van der Waals surface area contributed by atoms with Gasteiger partial charge in [-0.2, -0.15) is 0 Å². The first-order chi connectivity index (χ1) is 11.3. The standard InChI is InChI=1S/C16H15N5O2/c1-23-18-10-12-5-7-13(8-6-12)16(22)17-11-15-20-19-14-4-2-3-9-21(14)15/h2-10H,11H2,1H3,(H,17,22)/b18-10+. The zero-order valence-electron chi connectivity index (χ0n) is 12.5. The van der Waals surface area contributed by atoms with Crippen molar-refractivity contribution >= 4 is 17.8 Å². The predicted octanol–water partition coefficient (Wildman–Crippen LogP) is 1.64. The quantitative estimate of drug-likeness (QED) is 0.574. The van der Waals surface area contributed by atoms with Crippen LogP contribution >= 0.6 is 0 Å². The number of hydrogen-bond donors (Lipinski definition) is 1. The Morgan fingerprint density at radius 1 is 1.26 bits per heavy atom. The largest absolute Gasteiger partial charge is 0.399 e. The third-order valence-corrected chi connectivity index (χ3v) is 3.27. The van der Waals surface area contributed by atoms with Crippen molar-refractivity contribution in [3.05, 3.63) is 65.6 Å². The van der Waals surface area contributed by atoms with Crippen molar-refractivity contribution in [2.24, 2.45) is 5.16 Å². The highest BCUT2D eigenvalue weighted by molar-refractivity contribution is 5.94. The Hall–Kier alpha value is -3.22. The van der Waals surface area contributed by atoms with Crippen LogP contribution in [0.15, 0.2) is 53.8 Å². The molecule has 0 fully saturated rings. The van der Waals surface area contributed by atoms with Gasteiger partial charge < -0.3 is 10.2 Å². The summed E-state index contributed by atoms with van der Waals surface area (Å²) in [6, 6.07) is 12.7. The zero-order chi connectivity index (χ0) is 16.1. The number of rotatable bonds is 5. The van der Waals surface area contributed by atoms with E-state index in [1.165, 1.54) is 7.11 Å². The third kappa shape index (κ3) is 3.34. The Labute approximate surface area is 132 Å². The van der Waals surface area contributed by atoms with Crippen LogP contribution in [-0.4, -0.2) is 33.8 Å². The number of carbonyl (C=O) groups excluding carboxylic acids is 1. The molecule has 0 radical (unpaired) electrons. The number of amides is 1. The van der Waals surface area contributed by atoms with E-state index in [1.807, 2.05) is 28.8 Å². The molecule has 1 amide bonds. The molecule has 0 saturated heterocycles. The van der Waals surface area contributed by atoms with Crippen molar-refractivity contribution in [2.45, 2.75) is 6.54 Å². The van der Waals surface area contributed by atoms with Crippen LogP contribution in [0.3, 0.4) is 0 Å². The smallest absolute Gasteiger partial charge is 0.251 e. The number of nitrogens with one attached hydrogen (secondary N) is 1. The van der Waals surface area contributed by atoms with Gasteiger partial charge in [0, 0.05) is 11.8 Å². The summed E-state index contributed by atoms with van der Waals surface area (Å²) in [4.78, 5) is 16.8. The molecule has 3 rings (SSSR count). The summed E-state index contributed by atoms with van der Waals surface area (Å²) in [7, 11) is 1.48. The second-order valence-corrected chi connectivity index (χ2v) is 4.77. The SMILES string of the molecule is CO/N=C/c1ccc(C(=O)NCc2nnc3ccccn23)cc1. The minimum absolute atomic E-state index is 0.173. The molecule has 0 unspecified atom stereocenters. The highest BCUT2D eigenvalue weighted by Crippen LogP contribution is 2.05. The van der Waals surface area contributed by atoms with Crippen LogP contribution < -0.4 is 5.32 Å². The first-order valence-electron chi connectivity index (χ1n) is 7.01. The molecule has 0 atom stereocenters. The monoisotopic (exact) mass is 309 g/mol. The molecule has 116 valence electrons. The summed E-state index contributed by atoms with van der Waals surface area (Å²) < 4.78 is 1.84. The number of aromatic nitrogens is 3. The second kappa shape index (κ2) is 6.69. The van der Waals surface area contributed by atoms with E-state index in [4.69, 9.17) is 0 Å². The van der Waals surface area contributed by atoms with Gasteiger partial charge in [-0.1, -0.05) is 23.4 Å². The summed E-state index contributed by atoms with van der Waals surface area (Å²) in [5.74, 6) is 0.505. The van der Waals surface area contributed by atoms with Crippen molar-refractivity contribution in [3.63, 3.8) is 0 Å². The Morgan fingerprint density at radius 3 is 2.87 bits per heavy atom. The highest BCUT2D eigenvalue weighted by Gasteiger charge is 2.08. The van der Waals surface area contributed by atoms with E-state index in [-0.39, 0.29) is 5.91 Å². The lowest BCUT2D eigenvalue weighted by molar-refractivity contribution is 0.0950. The fraction of sp³-hybridized carbons (Fsp3) is 0.125. The molecule has 0 aliphatic rings. The number of fused-ring (bicyclic) bond motifs is 1. The molecule has 2 aromatic heterocycles. The Morgan fingerprint density at radius 2 is 2.09 bits per heavy atom. The van der Waals surface area contributed by atoms with Gasteiger partial charge in [-0.05, 0) is 29.8 Å². The van der Waals surface area contributed by atoms with E-state index < -0.39 is 0 Å². The van der Waals surface area contributed by atoms with Gasteiger partial charge >= 0.3 is 0 Å². The van der Waals surface area contributed by atoms with Gasteiger partial charge in [-0.15, -0.1) is 10.2 Å². The molecule has 2 heterocycles. The summed E-state index contributed by atoms with van der Waals surface area (Å²) >= 11 is 0. The summed E-state index contributed by atoms with van der Waals surface area (Å²) in [6.07, 6.45) is 3.44. The highest BCUT2D eigenvalue weighted by atomic mass is 16.6. The average molecular weight is 309 g/mol. The summed E-state index contributed by atoms with van der Waals surface area (Å²) in [5.41, 5.74) is 2.17. The molecule has 0 bridgehead atoms. The van der Waals surface area contributed by atoms with E-state index in [0.29, 0.717) is 17.9 Å². The first kappa shape index (κ1) is 14.7. The van der Waals surface area contributed by atoms with Crippen molar-refractivity contribution in [2.75, 3.05) is 7.11 Å². The van der Waals surface area contributed by atoms with Gasteiger partial charge in [0.15, 0.2) is 11.5 Å². The van der Waals surface area contributed by atoms with Crippen LogP contribution in [0, 0.1) is 0 Å². The molecule has 0 saturated carbocycles. The molecule has 7 heteroatoms. The number of hydrogen-bond acceptors (Lipinski definition) is 5. The predicted molar refractivity (Wildman–Crippen MR) is 85.2 cm³/mol. The molecule has 1 aromatic carbocycles. The topological polar surface area (TPSA) is 80.9 Å². The fourth-order valence-corrected chi connectivity index (χ4v) is 2.11. The maximum atomic E-state index is 12.2. The lowest BCUT2D eigenvalue weighted by Gasteiger charge is -2.04. The molecule has 23 heavy (non-hydrogen) atoms. The fourth-order valence-electron chi connectivity index (χ4n) is 2.11. The molecular weight excluding hydrogens is 294 g/mol. The Bertz CT molecular complexity index is 839. The van der Waals surface area contributed by atoms with Gasteiger partial charge in [0.2, 0.25) is 0 Å². The Kier molecular flexibility index (Phi) is 4.28. The normalized spacial score (nSPS) is 11.0. The Balaban J connectivity index is 1.66. The van der Waals surface area contributed by atoms with E-state index in [0.717, 1.165) is 11.2 Å². The van der Waals surface area contributed by atoms with Gasteiger partial charge in [0.1, 0.15) is 7.11 Å². The molecule has 0 spiro atoms. The van der Waals surface area contributed by atoms with Crippen LogP contribution in [0.25, 0.3) is 5.65 Å². The number of oxime groups is 1. The summed E-state index contributed by atoms with van der Waals surface area (Å²) in [6.45, 7) is 0.302. The molecule has 3 aromatic rings. The van der Waals surface area contributed by atoms with Crippen LogP contribution in [0.5, 0.6) is 0 Å².